The Morgan fingerprint density at radius 1 is 1.09 bits per heavy atom. The Kier molecular flexibility index (Phi) is 0.913. The third-order valence-electron chi connectivity index (χ3n) is 3.73. The first-order chi connectivity index (χ1) is 5.66. The highest BCUT2D eigenvalue weighted by Crippen LogP contribution is 2.57. The molecule has 2 atom stereocenters. The van der Waals surface area contributed by atoms with E-state index in [-0.39, 0.29) is 6.40 Å². The van der Waals surface area contributed by atoms with Crippen molar-refractivity contribution in [3.63, 3.8) is 0 Å². The minimum Gasteiger partial charge on any atom is -0.244 e. The average molecular weight is 155 g/mol. The normalized spacial score (nSPS) is 68.3. The molecule has 0 heterocycles. The second-order valence-corrected chi connectivity index (χ2v) is 4.81. The van der Waals surface area contributed by atoms with Gasteiger partial charge < -0.3 is 0 Å². The first-order valence-electron chi connectivity index (χ1n) is 5.35. The van der Waals surface area contributed by atoms with E-state index in [0.29, 0.717) is 30.6 Å². The molecule has 0 N–H and O–H groups in total. The van der Waals surface area contributed by atoms with Crippen LogP contribution < -0.4 is 0 Å². The Morgan fingerprint density at radius 2 is 1.64 bits per heavy atom. The molecular formula is C10H15F. The molecule has 0 radical (unpaired) electrons. The standard InChI is InChI=1S/C10H15F/c11-10-4-7-1-8(5-10)3-9(2-7)6-10/h7-9H,1-6H2/i1D. The van der Waals surface area contributed by atoms with Crippen LogP contribution in [0.1, 0.15) is 39.9 Å². The Balaban J connectivity index is 1.95. The second kappa shape index (κ2) is 1.81. The molecule has 0 saturated heterocycles. The second-order valence-electron chi connectivity index (χ2n) is 4.81. The van der Waals surface area contributed by atoms with Gasteiger partial charge >= 0.3 is 0 Å². The third-order valence-corrected chi connectivity index (χ3v) is 3.73. The number of hydrogen-bond donors (Lipinski definition) is 0. The third kappa shape index (κ3) is 0.861. The molecule has 4 bridgehead atoms. The molecule has 0 nitrogen and oxygen atoms in total. The van der Waals surface area contributed by atoms with Crippen LogP contribution in [0.15, 0.2) is 0 Å². The molecule has 11 heavy (non-hydrogen) atoms. The molecule has 4 aliphatic carbocycles. The molecule has 1 heteroatoms. The minimum atomic E-state index is -0.839. The molecule has 4 saturated carbocycles. The van der Waals surface area contributed by atoms with Gasteiger partial charge in [-0.15, -0.1) is 0 Å². The van der Waals surface area contributed by atoms with E-state index in [4.69, 9.17) is 1.37 Å². The average Bonchev–Trinajstić information content (AvgIpc) is 1.96. The SMILES string of the molecule is [2H]C1C2CC3CC1CC(F)(C3)C2. The van der Waals surface area contributed by atoms with Crippen LogP contribution in [-0.4, -0.2) is 5.67 Å². The van der Waals surface area contributed by atoms with Gasteiger partial charge in [-0.1, -0.05) is 0 Å². The molecule has 4 aliphatic rings. The van der Waals surface area contributed by atoms with Gasteiger partial charge in [-0.3, -0.25) is 0 Å². The number of alkyl halides is 1. The molecule has 0 aromatic heterocycles. The van der Waals surface area contributed by atoms with Crippen molar-refractivity contribution in [1.82, 2.24) is 0 Å². The van der Waals surface area contributed by atoms with E-state index in [2.05, 4.69) is 0 Å². The highest BCUT2D eigenvalue weighted by molar-refractivity contribution is 5.02. The molecule has 4 fully saturated rings. The molecule has 0 aromatic carbocycles. The van der Waals surface area contributed by atoms with Crippen molar-refractivity contribution >= 4 is 0 Å². The first-order valence-corrected chi connectivity index (χ1v) is 4.77. The summed E-state index contributed by atoms with van der Waals surface area (Å²) in [5.41, 5.74) is -0.839. The summed E-state index contributed by atoms with van der Waals surface area (Å²) < 4.78 is 21.9. The van der Waals surface area contributed by atoms with Crippen molar-refractivity contribution in [2.75, 3.05) is 0 Å². The minimum absolute atomic E-state index is 0.0745. The van der Waals surface area contributed by atoms with Crippen LogP contribution in [0, 0.1) is 17.8 Å². The molecule has 0 aliphatic heterocycles. The van der Waals surface area contributed by atoms with Crippen molar-refractivity contribution in [3.05, 3.63) is 0 Å². The van der Waals surface area contributed by atoms with Crippen molar-refractivity contribution in [2.45, 2.75) is 44.2 Å². The highest BCUT2D eigenvalue weighted by atomic mass is 19.1. The van der Waals surface area contributed by atoms with Crippen LogP contribution in [0.4, 0.5) is 4.39 Å². The molecular weight excluding hydrogens is 139 g/mol. The maximum atomic E-state index is 14.0. The monoisotopic (exact) mass is 155 g/mol. The summed E-state index contributed by atoms with van der Waals surface area (Å²) in [7, 11) is 0. The molecule has 0 aromatic rings. The van der Waals surface area contributed by atoms with Gasteiger partial charge in [0.15, 0.2) is 0 Å². The van der Waals surface area contributed by atoms with Crippen molar-refractivity contribution in [1.29, 1.82) is 0 Å². The number of rotatable bonds is 0. The summed E-state index contributed by atoms with van der Waals surface area (Å²) in [6.45, 7) is 0. The lowest BCUT2D eigenvalue weighted by molar-refractivity contribution is -0.0727. The largest absolute Gasteiger partial charge is 0.244 e. The van der Waals surface area contributed by atoms with Gasteiger partial charge in [-0.2, -0.15) is 0 Å². The summed E-state index contributed by atoms with van der Waals surface area (Å²) in [4.78, 5) is 0. The Labute approximate surface area is 68.6 Å². The van der Waals surface area contributed by atoms with Crippen molar-refractivity contribution in [3.8, 4) is 0 Å². The summed E-state index contributed by atoms with van der Waals surface area (Å²) in [5, 5.41) is 0. The van der Waals surface area contributed by atoms with Gasteiger partial charge in [0, 0.05) is 1.37 Å². The fourth-order valence-corrected chi connectivity index (χ4v) is 3.67. The fourth-order valence-electron chi connectivity index (χ4n) is 3.67. The van der Waals surface area contributed by atoms with Gasteiger partial charge in [-0.05, 0) is 56.3 Å². The smallest absolute Gasteiger partial charge is 0.111 e. The van der Waals surface area contributed by atoms with Crippen LogP contribution in [0.3, 0.4) is 0 Å². The summed E-state index contributed by atoms with van der Waals surface area (Å²) in [6.07, 6.45) is 4.59. The summed E-state index contributed by atoms with van der Waals surface area (Å²) in [5.74, 6) is 1.44. The van der Waals surface area contributed by atoms with Crippen LogP contribution in [-0.2, 0) is 0 Å². The lowest BCUT2D eigenvalue weighted by atomic mass is 9.55. The molecule has 0 amide bonds. The van der Waals surface area contributed by atoms with Crippen molar-refractivity contribution < 1.29 is 5.76 Å². The number of hydrogen-bond acceptors (Lipinski definition) is 0. The van der Waals surface area contributed by atoms with Gasteiger partial charge in [0.05, 0.1) is 0 Å². The maximum absolute atomic E-state index is 14.0. The van der Waals surface area contributed by atoms with Gasteiger partial charge in [0.1, 0.15) is 5.67 Å². The van der Waals surface area contributed by atoms with Gasteiger partial charge in [0.2, 0.25) is 0 Å². The van der Waals surface area contributed by atoms with Crippen LogP contribution in [0.2, 0.25) is 0 Å². The zero-order chi connectivity index (χ0) is 8.34. The zero-order valence-corrected chi connectivity index (χ0v) is 6.72. The Morgan fingerprint density at radius 3 is 2.18 bits per heavy atom. The van der Waals surface area contributed by atoms with E-state index in [1.165, 1.54) is 0 Å². The van der Waals surface area contributed by atoms with Gasteiger partial charge in [-0.25, -0.2) is 4.39 Å². The molecule has 2 unspecified atom stereocenters. The lowest BCUT2D eigenvalue weighted by Crippen LogP contribution is -2.47. The summed E-state index contributed by atoms with van der Waals surface area (Å²) >= 11 is 0. The van der Waals surface area contributed by atoms with E-state index in [1.807, 2.05) is 0 Å². The van der Waals surface area contributed by atoms with Crippen LogP contribution in [0.5, 0.6) is 0 Å². The lowest BCUT2D eigenvalue weighted by Gasteiger charge is -2.52. The number of halogens is 1. The van der Waals surface area contributed by atoms with E-state index in [9.17, 15) is 4.39 Å². The van der Waals surface area contributed by atoms with E-state index in [0.717, 1.165) is 19.3 Å². The zero-order valence-electron chi connectivity index (χ0n) is 7.72. The Bertz CT molecular complexity index is 200. The topological polar surface area (TPSA) is 0 Å². The predicted molar refractivity (Wildman–Crippen MR) is 42.0 cm³/mol. The van der Waals surface area contributed by atoms with E-state index >= 15 is 0 Å². The van der Waals surface area contributed by atoms with Crippen LogP contribution in [0.25, 0.3) is 0 Å². The molecule has 4 rings (SSSR count). The van der Waals surface area contributed by atoms with E-state index < -0.39 is 5.67 Å². The van der Waals surface area contributed by atoms with Crippen LogP contribution >= 0.6 is 0 Å². The Hall–Kier alpha value is -0.0700. The maximum Gasteiger partial charge on any atom is 0.111 e. The molecule has 0 spiro atoms. The highest BCUT2D eigenvalue weighted by Gasteiger charge is 2.51. The van der Waals surface area contributed by atoms with Gasteiger partial charge in [0.25, 0.3) is 0 Å². The first kappa shape index (κ1) is 5.55. The quantitative estimate of drug-likeness (QED) is 0.504. The summed E-state index contributed by atoms with van der Waals surface area (Å²) in [6, 6.07) is 0. The predicted octanol–water partition coefficient (Wildman–Crippen LogP) is 2.92. The van der Waals surface area contributed by atoms with Crippen molar-refractivity contribution in [2.24, 2.45) is 17.8 Å². The van der Waals surface area contributed by atoms with E-state index in [1.54, 1.807) is 0 Å². The fraction of sp³-hybridized carbons (Fsp3) is 1.00. The molecule has 62 valence electrons.